The molecule has 0 bridgehead atoms. The highest BCUT2D eigenvalue weighted by molar-refractivity contribution is 7.17. The lowest BCUT2D eigenvalue weighted by atomic mass is 9.99. The first-order valence-corrected chi connectivity index (χ1v) is 6.70. The van der Waals surface area contributed by atoms with Gasteiger partial charge in [0, 0.05) is 21.2 Å². The molecule has 0 saturated carbocycles. The van der Waals surface area contributed by atoms with Gasteiger partial charge in [-0.25, -0.2) is 0 Å². The van der Waals surface area contributed by atoms with Crippen LogP contribution >= 0.6 is 11.3 Å². The molecule has 0 spiro atoms. The summed E-state index contributed by atoms with van der Waals surface area (Å²) in [5, 5.41) is 3.33. The summed E-state index contributed by atoms with van der Waals surface area (Å²) in [4.78, 5) is 10.9. The molecule has 0 radical (unpaired) electrons. The average molecular weight is 252 g/mol. The fourth-order valence-electron chi connectivity index (χ4n) is 2.20. The lowest BCUT2D eigenvalue weighted by molar-refractivity contribution is 0.112. The summed E-state index contributed by atoms with van der Waals surface area (Å²) >= 11 is 1.72. The minimum atomic E-state index is 0.732. The Morgan fingerprint density at radius 3 is 2.67 bits per heavy atom. The molecule has 0 atom stereocenters. The van der Waals surface area contributed by atoms with Gasteiger partial charge in [0.1, 0.15) is 6.29 Å². The third-order valence-electron chi connectivity index (χ3n) is 3.17. The van der Waals surface area contributed by atoms with E-state index in [1.165, 1.54) is 26.8 Å². The van der Waals surface area contributed by atoms with Crippen molar-refractivity contribution < 1.29 is 4.79 Å². The number of hydrogen-bond acceptors (Lipinski definition) is 2. The number of rotatable bonds is 2. The molecule has 1 aromatic heterocycles. The molecular weight excluding hydrogens is 240 g/mol. The molecule has 0 unspecified atom stereocenters. The van der Waals surface area contributed by atoms with E-state index in [9.17, 15) is 4.79 Å². The van der Waals surface area contributed by atoms with E-state index < -0.39 is 0 Å². The Balaban J connectivity index is 2.29. The predicted octanol–water partition coefficient (Wildman–Crippen LogP) is 4.69. The predicted molar refractivity (Wildman–Crippen MR) is 77.4 cm³/mol. The molecule has 18 heavy (non-hydrogen) atoms. The van der Waals surface area contributed by atoms with Crippen molar-refractivity contribution in [3.05, 3.63) is 59.0 Å². The second-order valence-electron chi connectivity index (χ2n) is 4.34. The molecule has 0 amide bonds. The number of fused-ring (bicyclic) bond motifs is 1. The van der Waals surface area contributed by atoms with E-state index in [2.05, 4.69) is 30.5 Å². The van der Waals surface area contributed by atoms with Gasteiger partial charge in [-0.2, -0.15) is 0 Å². The van der Waals surface area contributed by atoms with Crippen molar-refractivity contribution >= 4 is 27.7 Å². The molecule has 1 nitrogen and oxygen atoms in total. The molecule has 0 N–H and O–H groups in total. The zero-order valence-corrected chi connectivity index (χ0v) is 10.8. The van der Waals surface area contributed by atoms with Gasteiger partial charge in [-0.1, -0.05) is 30.3 Å². The quantitative estimate of drug-likeness (QED) is 0.605. The maximum absolute atomic E-state index is 10.9. The maximum atomic E-state index is 10.9. The third kappa shape index (κ3) is 1.75. The Morgan fingerprint density at radius 1 is 1.06 bits per heavy atom. The lowest BCUT2D eigenvalue weighted by Crippen LogP contribution is -1.82. The Kier molecular flexibility index (Phi) is 2.73. The first-order valence-electron chi connectivity index (χ1n) is 5.82. The van der Waals surface area contributed by atoms with Gasteiger partial charge in [-0.05, 0) is 35.6 Å². The fraction of sp³-hybridized carbons (Fsp3) is 0.0625. The zero-order valence-electron chi connectivity index (χ0n) is 10.0. The third-order valence-corrected chi connectivity index (χ3v) is 4.13. The maximum Gasteiger partial charge on any atom is 0.150 e. The molecule has 0 aliphatic carbocycles. The van der Waals surface area contributed by atoms with Crippen LogP contribution in [0.15, 0.2) is 47.8 Å². The van der Waals surface area contributed by atoms with Crippen molar-refractivity contribution in [1.29, 1.82) is 0 Å². The molecule has 3 rings (SSSR count). The molecule has 0 aliphatic rings. The van der Waals surface area contributed by atoms with Crippen LogP contribution in [0.3, 0.4) is 0 Å². The summed E-state index contributed by atoms with van der Waals surface area (Å²) in [7, 11) is 0. The number of thiophene rings is 1. The fourth-order valence-corrected chi connectivity index (χ4v) is 3.14. The molecule has 2 heteroatoms. The molecule has 0 saturated heterocycles. The number of aldehydes is 1. The molecule has 88 valence electrons. The van der Waals surface area contributed by atoms with Crippen LogP contribution in [0.1, 0.15) is 15.9 Å². The van der Waals surface area contributed by atoms with E-state index >= 15 is 0 Å². The van der Waals surface area contributed by atoms with E-state index in [-0.39, 0.29) is 0 Å². The number of hydrogen-bond donors (Lipinski definition) is 0. The van der Waals surface area contributed by atoms with Crippen LogP contribution in [0.5, 0.6) is 0 Å². The highest BCUT2D eigenvalue weighted by Crippen LogP contribution is 2.35. The van der Waals surface area contributed by atoms with E-state index in [1.54, 1.807) is 11.3 Å². The van der Waals surface area contributed by atoms with Gasteiger partial charge in [0.05, 0.1) is 0 Å². The van der Waals surface area contributed by atoms with E-state index in [4.69, 9.17) is 0 Å². The average Bonchev–Trinajstić information content (AvgIpc) is 2.82. The van der Waals surface area contributed by atoms with Crippen molar-refractivity contribution in [3.63, 3.8) is 0 Å². The minimum absolute atomic E-state index is 0.732. The smallest absolute Gasteiger partial charge is 0.150 e. The van der Waals surface area contributed by atoms with Crippen molar-refractivity contribution in [2.75, 3.05) is 0 Å². The first-order chi connectivity index (χ1) is 8.79. The SMILES string of the molecule is Cc1ccccc1-c1csc2ccc(C=O)cc12. The number of carbonyl (C=O) groups excluding carboxylic acids is 1. The molecule has 3 aromatic rings. The van der Waals surface area contributed by atoms with Gasteiger partial charge in [0.25, 0.3) is 0 Å². The standard InChI is InChI=1S/C16H12OS/c1-11-4-2-3-5-13(11)15-10-18-16-7-6-12(9-17)8-14(15)16/h2-10H,1H3. The van der Waals surface area contributed by atoms with Crippen LogP contribution in [-0.2, 0) is 0 Å². The van der Waals surface area contributed by atoms with E-state index in [1.807, 2.05) is 24.3 Å². The summed E-state index contributed by atoms with van der Waals surface area (Å²) in [6.45, 7) is 2.11. The van der Waals surface area contributed by atoms with Crippen LogP contribution in [0, 0.1) is 6.92 Å². The van der Waals surface area contributed by atoms with Crippen LogP contribution in [0.2, 0.25) is 0 Å². The number of carbonyl (C=O) groups is 1. The van der Waals surface area contributed by atoms with Crippen molar-refractivity contribution in [2.24, 2.45) is 0 Å². The Bertz CT molecular complexity index is 725. The van der Waals surface area contributed by atoms with Gasteiger partial charge < -0.3 is 0 Å². The summed E-state index contributed by atoms with van der Waals surface area (Å²) in [6, 6.07) is 14.2. The van der Waals surface area contributed by atoms with E-state index in [0.717, 1.165) is 11.8 Å². The summed E-state index contributed by atoms with van der Waals surface area (Å²) in [5.74, 6) is 0. The lowest BCUT2D eigenvalue weighted by Gasteiger charge is -2.04. The van der Waals surface area contributed by atoms with Gasteiger partial charge in [0.2, 0.25) is 0 Å². The molecular formula is C16H12OS. The Hall–Kier alpha value is -1.93. The van der Waals surface area contributed by atoms with Crippen molar-refractivity contribution in [2.45, 2.75) is 6.92 Å². The molecule has 2 aromatic carbocycles. The van der Waals surface area contributed by atoms with Crippen molar-refractivity contribution in [3.8, 4) is 11.1 Å². The van der Waals surface area contributed by atoms with Gasteiger partial charge in [-0.15, -0.1) is 11.3 Å². The highest BCUT2D eigenvalue weighted by atomic mass is 32.1. The van der Waals surface area contributed by atoms with Gasteiger partial charge in [-0.3, -0.25) is 4.79 Å². The van der Waals surface area contributed by atoms with Crippen LogP contribution in [0.25, 0.3) is 21.2 Å². The zero-order chi connectivity index (χ0) is 12.5. The van der Waals surface area contributed by atoms with E-state index in [0.29, 0.717) is 0 Å². The van der Waals surface area contributed by atoms with Crippen LogP contribution < -0.4 is 0 Å². The van der Waals surface area contributed by atoms with Crippen molar-refractivity contribution in [1.82, 2.24) is 0 Å². The normalized spacial score (nSPS) is 10.7. The topological polar surface area (TPSA) is 17.1 Å². The minimum Gasteiger partial charge on any atom is -0.298 e. The monoisotopic (exact) mass is 252 g/mol. The second kappa shape index (κ2) is 4.39. The Labute approximate surface area is 110 Å². The Morgan fingerprint density at radius 2 is 1.89 bits per heavy atom. The summed E-state index contributed by atoms with van der Waals surface area (Å²) in [5.41, 5.74) is 4.45. The molecule has 1 heterocycles. The molecule has 0 aliphatic heterocycles. The summed E-state index contributed by atoms with van der Waals surface area (Å²) in [6.07, 6.45) is 0.902. The highest BCUT2D eigenvalue weighted by Gasteiger charge is 2.08. The van der Waals surface area contributed by atoms with Crippen LogP contribution in [-0.4, -0.2) is 6.29 Å². The summed E-state index contributed by atoms with van der Waals surface area (Å²) < 4.78 is 1.22. The number of benzene rings is 2. The second-order valence-corrected chi connectivity index (χ2v) is 5.25. The molecule has 0 fully saturated rings. The largest absolute Gasteiger partial charge is 0.298 e. The first kappa shape index (κ1) is 11.2. The number of aryl methyl sites for hydroxylation is 1. The van der Waals surface area contributed by atoms with Gasteiger partial charge in [0.15, 0.2) is 0 Å². The van der Waals surface area contributed by atoms with Gasteiger partial charge >= 0.3 is 0 Å². The van der Waals surface area contributed by atoms with Crippen LogP contribution in [0.4, 0.5) is 0 Å².